The summed E-state index contributed by atoms with van der Waals surface area (Å²) >= 11 is 0. The fourth-order valence-corrected chi connectivity index (χ4v) is 2.42. The first-order valence-corrected chi connectivity index (χ1v) is 6.97. The van der Waals surface area contributed by atoms with Crippen LogP contribution >= 0.6 is 0 Å². The van der Waals surface area contributed by atoms with E-state index in [0.717, 1.165) is 16.0 Å². The molecular weight excluding hydrogens is 297 g/mol. The molecule has 0 N–H and O–H groups in total. The second-order valence-corrected chi connectivity index (χ2v) is 5.27. The lowest BCUT2D eigenvalue weighted by atomic mass is 10.1. The highest BCUT2D eigenvalue weighted by Gasteiger charge is 2.43. The van der Waals surface area contributed by atoms with Gasteiger partial charge in [-0.25, -0.2) is 0 Å². The molecule has 0 aliphatic carbocycles. The molecule has 1 aromatic rings. The highest BCUT2D eigenvalue weighted by Crippen LogP contribution is 2.19. The lowest BCUT2D eigenvalue weighted by Crippen LogP contribution is -2.53. The van der Waals surface area contributed by atoms with Gasteiger partial charge >= 0.3 is 12.1 Å². The van der Waals surface area contributed by atoms with Gasteiger partial charge in [0.15, 0.2) is 0 Å². The summed E-state index contributed by atoms with van der Waals surface area (Å²) in [6, 6.07) is 7.49. The maximum atomic E-state index is 12.3. The summed E-state index contributed by atoms with van der Waals surface area (Å²) in [4.78, 5) is 25.6. The van der Waals surface area contributed by atoms with Crippen molar-refractivity contribution in [3.63, 3.8) is 0 Å². The lowest BCUT2D eigenvalue weighted by molar-refractivity contribution is -0.187. The van der Waals surface area contributed by atoms with Crippen molar-refractivity contribution in [3.8, 4) is 0 Å². The number of piperazine rings is 1. The van der Waals surface area contributed by atoms with Gasteiger partial charge in [0.2, 0.25) is 5.91 Å². The summed E-state index contributed by atoms with van der Waals surface area (Å²) in [6.07, 6.45) is -4.63. The Kier molecular flexibility index (Phi) is 4.73. The SMILES string of the molecule is Cc1ccccc1CC(=O)N1CCN(C(=O)C(F)(F)F)CC1. The third-order valence-corrected chi connectivity index (χ3v) is 3.77. The maximum absolute atomic E-state index is 12.3. The smallest absolute Gasteiger partial charge is 0.339 e. The van der Waals surface area contributed by atoms with Crippen LogP contribution in [0.1, 0.15) is 11.1 Å². The minimum absolute atomic E-state index is 0.0855. The first kappa shape index (κ1) is 16.3. The van der Waals surface area contributed by atoms with Crippen LogP contribution in [-0.4, -0.2) is 54.0 Å². The van der Waals surface area contributed by atoms with E-state index >= 15 is 0 Å². The van der Waals surface area contributed by atoms with Crippen LogP contribution in [0.2, 0.25) is 0 Å². The number of hydrogen-bond donors (Lipinski definition) is 0. The van der Waals surface area contributed by atoms with Gasteiger partial charge in [-0.15, -0.1) is 0 Å². The van der Waals surface area contributed by atoms with Crippen LogP contribution in [0, 0.1) is 6.92 Å². The zero-order chi connectivity index (χ0) is 16.3. The van der Waals surface area contributed by atoms with E-state index in [4.69, 9.17) is 0 Å². The Morgan fingerprint density at radius 2 is 1.59 bits per heavy atom. The summed E-state index contributed by atoms with van der Waals surface area (Å²) in [7, 11) is 0. The summed E-state index contributed by atoms with van der Waals surface area (Å²) in [6.45, 7) is 2.00. The van der Waals surface area contributed by atoms with Crippen molar-refractivity contribution in [2.24, 2.45) is 0 Å². The third kappa shape index (κ3) is 3.78. The van der Waals surface area contributed by atoms with Gasteiger partial charge in [0, 0.05) is 26.2 Å². The van der Waals surface area contributed by atoms with Gasteiger partial charge < -0.3 is 9.80 Å². The quantitative estimate of drug-likeness (QED) is 0.835. The number of amides is 2. The molecule has 1 saturated heterocycles. The molecule has 1 aliphatic heterocycles. The molecule has 0 aromatic heterocycles. The van der Waals surface area contributed by atoms with Crippen LogP contribution in [-0.2, 0) is 16.0 Å². The Bertz CT molecular complexity index is 564. The Hall–Kier alpha value is -2.05. The van der Waals surface area contributed by atoms with Crippen LogP contribution < -0.4 is 0 Å². The van der Waals surface area contributed by atoms with Gasteiger partial charge in [0.05, 0.1) is 6.42 Å². The first-order valence-electron chi connectivity index (χ1n) is 6.97. The van der Waals surface area contributed by atoms with Gasteiger partial charge in [-0.05, 0) is 18.1 Å². The number of alkyl halides is 3. The number of carbonyl (C=O) groups excluding carboxylic acids is 2. The van der Waals surface area contributed by atoms with E-state index in [-0.39, 0.29) is 38.5 Å². The molecule has 0 bridgehead atoms. The molecule has 1 fully saturated rings. The first-order chi connectivity index (χ1) is 10.3. The summed E-state index contributed by atoms with van der Waals surface area (Å²) in [5.41, 5.74) is 1.91. The highest BCUT2D eigenvalue weighted by atomic mass is 19.4. The Morgan fingerprint density at radius 3 is 2.14 bits per heavy atom. The number of halogens is 3. The molecule has 1 heterocycles. The van der Waals surface area contributed by atoms with E-state index in [0.29, 0.717) is 0 Å². The molecule has 0 unspecified atom stereocenters. The van der Waals surface area contributed by atoms with Gasteiger partial charge in [-0.2, -0.15) is 13.2 Å². The van der Waals surface area contributed by atoms with Crippen molar-refractivity contribution in [2.45, 2.75) is 19.5 Å². The fraction of sp³-hybridized carbons (Fsp3) is 0.467. The van der Waals surface area contributed by atoms with Crippen molar-refractivity contribution in [1.82, 2.24) is 9.80 Å². The number of aryl methyl sites for hydroxylation is 1. The minimum Gasteiger partial charge on any atom is -0.339 e. The van der Waals surface area contributed by atoms with Crippen molar-refractivity contribution < 1.29 is 22.8 Å². The van der Waals surface area contributed by atoms with Crippen LogP contribution in [0.4, 0.5) is 13.2 Å². The predicted octanol–water partition coefficient (Wildman–Crippen LogP) is 1.77. The molecule has 1 aromatic carbocycles. The zero-order valence-electron chi connectivity index (χ0n) is 12.2. The molecule has 2 amide bonds. The van der Waals surface area contributed by atoms with Crippen molar-refractivity contribution >= 4 is 11.8 Å². The van der Waals surface area contributed by atoms with E-state index in [1.54, 1.807) is 0 Å². The highest BCUT2D eigenvalue weighted by molar-refractivity contribution is 5.83. The van der Waals surface area contributed by atoms with Crippen molar-refractivity contribution in [1.29, 1.82) is 0 Å². The molecule has 1 aliphatic rings. The number of nitrogens with zero attached hydrogens (tertiary/aromatic N) is 2. The van der Waals surface area contributed by atoms with Crippen molar-refractivity contribution in [2.75, 3.05) is 26.2 Å². The summed E-state index contributed by atoms with van der Waals surface area (Å²) in [5.74, 6) is -1.97. The second kappa shape index (κ2) is 6.37. The van der Waals surface area contributed by atoms with Crippen LogP contribution in [0.15, 0.2) is 24.3 Å². The molecule has 22 heavy (non-hydrogen) atoms. The molecule has 2 rings (SSSR count). The van der Waals surface area contributed by atoms with Gasteiger partial charge in [0.25, 0.3) is 0 Å². The standard InChI is InChI=1S/C15H17F3N2O2/c1-11-4-2-3-5-12(11)10-13(21)19-6-8-20(9-7-19)14(22)15(16,17)18/h2-5H,6-10H2,1H3. The predicted molar refractivity (Wildman–Crippen MR) is 74.1 cm³/mol. The third-order valence-electron chi connectivity index (χ3n) is 3.77. The van der Waals surface area contributed by atoms with Gasteiger partial charge in [-0.3, -0.25) is 9.59 Å². The monoisotopic (exact) mass is 314 g/mol. The van der Waals surface area contributed by atoms with E-state index in [9.17, 15) is 22.8 Å². The van der Waals surface area contributed by atoms with E-state index < -0.39 is 12.1 Å². The van der Waals surface area contributed by atoms with Crippen LogP contribution in [0.25, 0.3) is 0 Å². The van der Waals surface area contributed by atoms with Crippen LogP contribution in [0.3, 0.4) is 0 Å². The van der Waals surface area contributed by atoms with E-state index in [1.165, 1.54) is 4.90 Å². The molecule has 0 atom stereocenters. The molecule has 0 spiro atoms. The van der Waals surface area contributed by atoms with Crippen molar-refractivity contribution in [3.05, 3.63) is 35.4 Å². The lowest BCUT2D eigenvalue weighted by Gasteiger charge is -2.35. The molecule has 0 radical (unpaired) electrons. The number of rotatable bonds is 2. The van der Waals surface area contributed by atoms with Crippen LogP contribution in [0.5, 0.6) is 0 Å². The molecule has 4 nitrogen and oxygen atoms in total. The van der Waals surface area contributed by atoms with E-state index in [2.05, 4.69) is 0 Å². The molecular formula is C15H17F3N2O2. The molecule has 7 heteroatoms. The summed E-state index contributed by atoms with van der Waals surface area (Å²) in [5, 5.41) is 0. The minimum atomic E-state index is -4.85. The topological polar surface area (TPSA) is 40.6 Å². The largest absolute Gasteiger partial charge is 0.471 e. The summed E-state index contributed by atoms with van der Waals surface area (Å²) < 4.78 is 37.0. The second-order valence-electron chi connectivity index (χ2n) is 5.27. The Labute approximate surface area is 126 Å². The maximum Gasteiger partial charge on any atom is 0.471 e. The fourth-order valence-electron chi connectivity index (χ4n) is 2.42. The van der Waals surface area contributed by atoms with Gasteiger partial charge in [-0.1, -0.05) is 24.3 Å². The van der Waals surface area contributed by atoms with Gasteiger partial charge in [0.1, 0.15) is 0 Å². The molecule has 120 valence electrons. The Morgan fingerprint density at radius 1 is 1.05 bits per heavy atom. The number of benzene rings is 1. The average molecular weight is 314 g/mol. The van der Waals surface area contributed by atoms with E-state index in [1.807, 2.05) is 31.2 Å². The Balaban J connectivity index is 1.90. The average Bonchev–Trinajstić information content (AvgIpc) is 2.48. The molecule has 0 saturated carbocycles. The normalized spacial score (nSPS) is 15.8. The number of carbonyl (C=O) groups is 2. The number of hydrogen-bond acceptors (Lipinski definition) is 2. The zero-order valence-corrected chi connectivity index (χ0v) is 12.2.